The number of benzene rings is 1. The third kappa shape index (κ3) is 1.96. The Balaban J connectivity index is 0.00000225. The molecule has 0 unspecified atom stereocenters. The molecule has 1 aromatic carbocycles. The minimum atomic E-state index is -0.838. The van der Waals surface area contributed by atoms with E-state index in [2.05, 4.69) is 4.74 Å². The maximum absolute atomic E-state index is 13.1. The maximum atomic E-state index is 13.1. The summed E-state index contributed by atoms with van der Waals surface area (Å²) < 4.78 is 17.5. The Morgan fingerprint density at radius 3 is 2.73 bits per heavy atom. The molecule has 1 aromatic rings. The van der Waals surface area contributed by atoms with Crippen LogP contribution in [0.25, 0.3) is 0 Å². The zero-order valence-corrected chi connectivity index (χ0v) is 8.43. The van der Waals surface area contributed by atoms with Crippen LogP contribution in [0.2, 0.25) is 0 Å². The van der Waals surface area contributed by atoms with Crippen LogP contribution in [-0.2, 0) is 9.53 Å². The van der Waals surface area contributed by atoms with E-state index in [1.165, 1.54) is 12.1 Å². The fourth-order valence-electron chi connectivity index (χ4n) is 1.24. The first-order valence-corrected chi connectivity index (χ1v) is 4.20. The number of carbonyl (C=O) groups is 1. The van der Waals surface area contributed by atoms with Crippen molar-refractivity contribution in [3.63, 3.8) is 0 Å². The molecule has 0 saturated heterocycles. The molecule has 0 aliphatic carbocycles. The van der Waals surface area contributed by atoms with Gasteiger partial charge in [-0.2, -0.15) is 0 Å². The second-order valence-electron chi connectivity index (χ2n) is 3.02. The van der Waals surface area contributed by atoms with E-state index in [1.54, 1.807) is 6.92 Å². The molecule has 82 valence electrons. The van der Waals surface area contributed by atoms with E-state index in [1.807, 2.05) is 0 Å². The average Bonchev–Trinajstić information content (AvgIpc) is 2.22. The Morgan fingerprint density at radius 1 is 1.60 bits per heavy atom. The lowest BCUT2D eigenvalue weighted by molar-refractivity contribution is -0.132. The molecule has 3 N–H and O–H groups in total. The van der Waals surface area contributed by atoms with Crippen molar-refractivity contribution >= 4 is 17.4 Å². The van der Waals surface area contributed by atoms with Crippen LogP contribution in [0.5, 0.6) is 0 Å². The van der Waals surface area contributed by atoms with E-state index in [0.29, 0.717) is 5.56 Å². The summed E-state index contributed by atoms with van der Waals surface area (Å²) >= 11 is 0. The van der Waals surface area contributed by atoms with Gasteiger partial charge in [0.15, 0.2) is 0 Å². The number of ether oxygens (including phenoxy) is 1. The lowest BCUT2D eigenvalue weighted by Gasteiger charge is -2.09. The number of nitrogens with one attached hydrogen (secondary N) is 1. The van der Waals surface area contributed by atoms with E-state index in [-0.39, 0.29) is 12.7 Å². The molecule has 1 rings (SSSR count). The summed E-state index contributed by atoms with van der Waals surface area (Å²) in [6.45, 7) is 1.64. The van der Waals surface area contributed by atoms with Gasteiger partial charge in [0.2, 0.25) is 0 Å². The Morgan fingerprint density at radius 2 is 2.20 bits per heavy atom. The average molecular weight is 212 g/mol. The number of esters is 1. The molecule has 0 saturated carbocycles. The molecule has 4 nitrogen and oxygen atoms in total. The van der Waals surface area contributed by atoms with Gasteiger partial charge in [-0.1, -0.05) is 6.07 Å². The van der Waals surface area contributed by atoms with E-state index in [0.717, 1.165) is 7.11 Å². The van der Waals surface area contributed by atoms with Crippen molar-refractivity contribution in [2.24, 2.45) is 0 Å². The number of aryl methyl sites for hydroxylation is 1. The molecule has 0 bridgehead atoms. The molecular formula is C10H13FN2O2. The van der Waals surface area contributed by atoms with E-state index in [9.17, 15) is 9.18 Å². The van der Waals surface area contributed by atoms with Crippen LogP contribution in [0.3, 0.4) is 0 Å². The molecule has 0 heterocycles. The SMILES string of the molecule is COC(=O)C(=N)c1c(C)ccc(F)c1N.[HH]. The predicted octanol–water partition coefficient (Wildman–Crippen LogP) is 1.50. The quantitative estimate of drug-likeness (QED) is 0.443. The summed E-state index contributed by atoms with van der Waals surface area (Å²) in [5.74, 6) is -1.49. The fraction of sp³-hybridized carbons (Fsp3) is 0.200. The van der Waals surface area contributed by atoms with Gasteiger partial charge in [-0.05, 0) is 18.6 Å². The summed E-state index contributed by atoms with van der Waals surface area (Å²) in [4.78, 5) is 11.1. The molecule has 5 heteroatoms. The number of hydrogen-bond donors (Lipinski definition) is 2. The molecule has 0 aliphatic heterocycles. The molecule has 0 aromatic heterocycles. The monoisotopic (exact) mass is 212 g/mol. The second kappa shape index (κ2) is 4.08. The number of rotatable bonds is 2. The van der Waals surface area contributed by atoms with Gasteiger partial charge >= 0.3 is 5.97 Å². The topological polar surface area (TPSA) is 76.2 Å². The normalized spacial score (nSPS) is 9.80. The molecule has 0 spiro atoms. The van der Waals surface area contributed by atoms with Crippen LogP contribution in [0.1, 0.15) is 12.6 Å². The van der Waals surface area contributed by atoms with Gasteiger partial charge in [0.1, 0.15) is 11.5 Å². The first-order valence-electron chi connectivity index (χ1n) is 4.20. The zero-order chi connectivity index (χ0) is 11.6. The van der Waals surface area contributed by atoms with Crippen LogP contribution in [0.15, 0.2) is 12.1 Å². The highest BCUT2D eigenvalue weighted by Gasteiger charge is 2.19. The highest BCUT2D eigenvalue weighted by atomic mass is 19.1. The number of anilines is 1. The minimum Gasteiger partial charge on any atom is -0.464 e. The van der Waals surface area contributed by atoms with E-state index < -0.39 is 17.5 Å². The Labute approximate surface area is 87.8 Å². The van der Waals surface area contributed by atoms with Crippen molar-refractivity contribution in [1.82, 2.24) is 0 Å². The van der Waals surface area contributed by atoms with Gasteiger partial charge in [0.05, 0.1) is 12.8 Å². The Bertz CT molecular complexity index is 435. The van der Waals surface area contributed by atoms with Crippen LogP contribution < -0.4 is 5.73 Å². The molecule has 0 aliphatic rings. The van der Waals surface area contributed by atoms with Crippen LogP contribution in [-0.4, -0.2) is 18.8 Å². The predicted molar refractivity (Wildman–Crippen MR) is 56.5 cm³/mol. The minimum absolute atomic E-state index is 0. The smallest absolute Gasteiger partial charge is 0.356 e. The number of nitrogen functional groups attached to an aromatic ring is 1. The number of carbonyl (C=O) groups excluding carboxylic acids is 1. The standard InChI is InChI=1S/C10H11FN2O2.H2/c1-5-3-4-6(11)8(12)7(5)9(13)10(14)15-2;/h3-4,13H,12H2,1-2H3;1H. The van der Waals surface area contributed by atoms with Gasteiger partial charge in [-0.25, -0.2) is 9.18 Å². The van der Waals surface area contributed by atoms with Crippen molar-refractivity contribution in [2.75, 3.05) is 12.8 Å². The number of methoxy groups -OCH3 is 1. The van der Waals surface area contributed by atoms with Crippen molar-refractivity contribution in [3.05, 3.63) is 29.1 Å². The van der Waals surface area contributed by atoms with Gasteiger partial charge in [0.25, 0.3) is 0 Å². The third-order valence-electron chi connectivity index (χ3n) is 2.04. The Hall–Kier alpha value is -1.91. The van der Waals surface area contributed by atoms with Gasteiger partial charge < -0.3 is 10.5 Å². The molecule has 15 heavy (non-hydrogen) atoms. The van der Waals surface area contributed by atoms with Crippen LogP contribution >= 0.6 is 0 Å². The molecule has 0 atom stereocenters. The summed E-state index contributed by atoms with van der Waals surface area (Å²) in [6.07, 6.45) is 0. The van der Waals surface area contributed by atoms with E-state index in [4.69, 9.17) is 11.1 Å². The highest BCUT2D eigenvalue weighted by Crippen LogP contribution is 2.21. The van der Waals surface area contributed by atoms with Crippen molar-refractivity contribution < 1.29 is 15.3 Å². The van der Waals surface area contributed by atoms with Crippen LogP contribution in [0.4, 0.5) is 10.1 Å². The first kappa shape index (κ1) is 11.2. The first-order chi connectivity index (χ1) is 6.99. The fourth-order valence-corrected chi connectivity index (χ4v) is 1.24. The summed E-state index contributed by atoms with van der Waals surface area (Å²) in [5, 5.41) is 7.49. The van der Waals surface area contributed by atoms with Gasteiger partial charge in [-0.3, -0.25) is 5.41 Å². The summed E-state index contributed by atoms with van der Waals surface area (Å²) in [5.41, 5.74) is 5.46. The van der Waals surface area contributed by atoms with Gasteiger partial charge in [0, 0.05) is 6.99 Å². The van der Waals surface area contributed by atoms with Crippen LogP contribution in [0, 0.1) is 18.2 Å². The molecule has 0 fully saturated rings. The summed E-state index contributed by atoms with van der Waals surface area (Å²) in [6, 6.07) is 2.65. The summed E-state index contributed by atoms with van der Waals surface area (Å²) in [7, 11) is 1.15. The largest absolute Gasteiger partial charge is 0.464 e. The van der Waals surface area contributed by atoms with Gasteiger partial charge in [-0.15, -0.1) is 0 Å². The second-order valence-corrected chi connectivity index (χ2v) is 3.02. The lowest BCUT2D eigenvalue weighted by Crippen LogP contribution is -2.19. The zero-order valence-electron chi connectivity index (χ0n) is 8.43. The highest BCUT2D eigenvalue weighted by molar-refractivity contribution is 6.43. The third-order valence-corrected chi connectivity index (χ3v) is 2.04. The number of nitrogens with two attached hydrogens (primary N) is 1. The van der Waals surface area contributed by atoms with Crippen molar-refractivity contribution in [3.8, 4) is 0 Å². The van der Waals surface area contributed by atoms with Crippen molar-refractivity contribution in [1.29, 1.82) is 5.41 Å². The van der Waals surface area contributed by atoms with Crippen molar-refractivity contribution in [2.45, 2.75) is 6.92 Å². The molecular weight excluding hydrogens is 199 g/mol. The van der Waals surface area contributed by atoms with E-state index >= 15 is 0 Å². The number of halogens is 1. The Kier molecular flexibility index (Phi) is 3.04. The molecule has 0 radical (unpaired) electrons. The lowest BCUT2D eigenvalue weighted by atomic mass is 10.0. The number of hydrogen-bond acceptors (Lipinski definition) is 4. The molecule has 0 amide bonds. The maximum Gasteiger partial charge on any atom is 0.356 e.